The standard InChI is InChI=1S/C23H18F4N8/c1-12-16(10-35(32-12)21(23(2,26)27)13-3-5-14(24)6-4-13)19-9-29-8-18(30-19)15-7-20-31-22(28)33-34(20)11-17(15)25/h3-11,21H,1-2H3,(H2,28,33). The fourth-order valence-corrected chi connectivity index (χ4v) is 3.93. The monoisotopic (exact) mass is 482 g/mol. The second-order valence-corrected chi connectivity index (χ2v) is 8.12. The number of hydrogen-bond donors (Lipinski definition) is 1. The number of aromatic nitrogens is 7. The predicted octanol–water partition coefficient (Wildman–Crippen LogP) is 4.46. The maximum atomic E-state index is 14.8. The molecule has 0 aliphatic heterocycles. The summed E-state index contributed by atoms with van der Waals surface area (Å²) < 4.78 is 59.7. The second-order valence-electron chi connectivity index (χ2n) is 8.12. The van der Waals surface area contributed by atoms with E-state index in [1.165, 1.54) is 41.3 Å². The van der Waals surface area contributed by atoms with Crippen molar-refractivity contribution >= 4 is 11.6 Å². The SMILES string of the molecule is Cc1nn(C(c2ccc(F)cc2)C(C)(F)F)cc1-c1cncc(-c2cc3nc(N)nn3cc2F)n1. The van der Waals surface area contributed by atoms with Gasteiger partial charge in [-0.3, -0.25) is 9.67 Å². The van der Waals surface area contributed by atoms with Crippen molar-refractivity contribution in [2.24, 2.45) is 0 Å². The van der Waals surface area contributed by atoms with E-state index in [9.17, 15) is 17.6 Å². The summed E-state index contributed by atoms with van der Waals surface area (Å²) in [6.45, 7) is 2.41. The molecule has 35 heavy (non-hydrogen) atoms. The first kappa shape index (κ1) is 22.4. The van der Waals surface area contributed by atoms with Crippen LogP contribution >= 0.6 is 0 Å². The summed E-state index contributed by atoms with van der Waals surface area (Å²) >= 11 is 0. The van der Waals surface area contributed by atoms with Crippen LogP contribution in [0, 0.1) is 18.6 Å². The topological polar surface area (TPSA) is 99.8 Å². The molecule has 178 valence electrons. The molecule has 0 saturated heterocycles. The van der Waals surface area contributed by atoms with Crippen molar-refractivity contribution in [2.75, 3.05) is 5.73 Å². The van der Waals surface area contributed by atoms with Gasteiger partial charge in [0.05, 0.1) is 35.7 Å². The molecule has 0 saturated carbocycles. The molecular formula is C23H18F4N8. The van der Waals surface area contributed by atoms with Crippen molar-refractivity contribution in [2.45, 2.75) is 25.8 Å². The summed E-state index contributed by atoms with van der Waals surface area (Å²) in [4.78, 5) is 12.7. The van der Waals surface area contributed by atoms with Crippen LogP contribution in [0.15, 0.2) is 55.1 Å². The Morgan fingerprint density at radius 1 is 0.943 bits per heavy atom. The number of nitrogens with zero attached hydrogens (tertiary/aromatic N) is 7. The molecule has 0 aliphatic rings. The number of anilines is 1. The number of aryl methyl sites for hydroxylation is 1. The lowest BCUT2D eigenvalue weighted by atomic mass is 10.0. The fourth-order valence-electron chi connectivity index (χ4n) is 3.93. The third-order valence-electron chi connectivity index (χ3n) is 5.47. The Morgan fingerprint density at radius 2 is 1.63 bits per heavy atom. The van der Waals surface area contributed by atoms with Crippen molar-refractivity contribution in [1.29, 1.82) is 0 Å². The number of alkyl halides is 2. The van der Waals surface area contributed by atoms with Crippen LogP contribution in [0.2, 0.25) is 0 Å². The molecule has 4 aromatic heterocycles. The summed E-state index contributed by atoms with van der Waals surface area (Å²) in [5.41, 5.74) is 7.56. The zero-order chi connectivity index (χ0) is 24.9. The Balaban J connectivity index is 1.57. The van der Waals surface area contributed by atoms with Gasteiger partial charge in [0, 0.05) is 24.2 Å². The van der Waals surface area contributed by atoms with Gasteiger partial charge in [0.2, 0.25) is 5.95 Å². The van der Waals surface area contributed by atoms with Gasteiger partial charge < -0.3 is 5.73 Å². The molecule has 0 fully saturated rings. The number of halogens is 4. The van der Waals surface area contributed by atoms with Gasteiger partial charge in [0.15, 0.2) is 11.5 Å². The summed E-state index contributed by atoms with van der Waals surface area (Å²) in [6, 6.07) is 4.79. The summed E-state index contributed by atoms with van der Waals surface area (Å²) in [5, 5.41) is 8.15. The molecule has 0 spiro atoms. The average molecular weight is 482 g/mol. The summed E-state index contributed by atoms with van der Waals surface area (Å²) in [7, 11) is 0. The van der Waals surface area contributed by atoms with Gasteiger partial charge in [0.25, 0.3) is 5.92 Å². The van der Waals surface area contributed by atoms with Crippen LogP contribution in [0.3, 0.4) is 0 Å². The highest BCUT2D eigenvalue weighted by molar-refractivity contribution is 5.68. The van der Waals surface area contributed by atoms with Crippen LogP contribution in [0.4, 0.5) is 23.5 Å². The van der Waals surface area contributed by atoms with E-state index in [4.69, 9.17) is 5.73 Å². The summed E-state index contributed by atoms with van der Waals surface area (Å²) in [6.07, 6.45) is 5.36. The van der Waals surface area contributed by atoms with E-state index in [2.05, 4.69) is 25.1 Å². The third-order valence-corrected chi connectivity index (χ3v) is 5.47. The van der Waals surface area contributed by atoms with Crippen molar-refractivity contribution < 1.29 is 17.6 Å². The average Bonchev–Trinajstić information content (AvgIpc) is 3.34. The lowest BCUT2D eigenvalue weighted by molar-refractivity contribution is -0.0217. The maximum absolute atomic E-state index is 14.8. The molecular weight excluding hydrogens is 464 g/mol. The molecule has 0 radical (unpaired) electrons. The first-order chi connectivity index (χ1) is 16.6. The Labute approximate surface area is 196 Å². The highest BCUT2D eigenvalue weighted by Gasteiger charge is 2.38. The van der Waals surface area contributed by atoms with Crippen LogP contribution in [-0.2, 0) is 0 Å². The normalized spacial score (nSPS) is 12.9. The number of hydrogen-bond acceptors (Lipinski definition) is 6. The fraction of sp³-hybridized carbons (Fsp3) is 0.174. The Bertz CT molecular complexity index is 1540. The zero-order valence-electron chi connectivity index (χ0n) is 18.5. The lowest BCUT2D eigenvalue weighted by Crippen LogP contribution is -2.29. The van der Waals surface area contributed by atoms with E-state index >= 15 is 0 Å². The molecule has 1 aromatic carbocycles. The predicted molar refractivity (Wildman–Crippen MR) is 120 cm³/mol. The molecule has 12 heteroatoms. The first-order valence-corrected chi connectivity index (χ1v) is 10.4. The lowest BCUT2D eigenvalue weighted by Gasteiger charge is -2.24. The molecule has 0 bridgehead atoms. The number of nitrogen functional groups attached to an aromatic ring is 1. The van der Waals surface area contributed by atoms with E-state index in [0.29, 0.717) is 22.6 Å². The third kappa shape index (κ3) is 4.18. The van der Waals surface area contributed by atoms with Gasteiger partial charge in [-0.1, -0.05) is 12.1 Å². The summed E-state index contributed by atoms with van der Waals surface area (Å²) in [5.74, 6) is -4.37. The molecule has 8 nitrogen and oxygen atoms in total. The van der Waals surface area contributed by atoms with Gasteiger partial charge in [-0.2, -0.15) is 10.1 Å². The minimum Gasteiger partial charge on any atom is -0.366 e. The van der Waals surface area contributed by atoms with Crippen molar-refractivity contribution in [1.82, 2.24) is 34.3 Å². The quantitative estimate of drug-likeness (QED) is 0.371. The smallest absolute Gasteiger partial charge is 0.271 e. The minimum atomic E-state index is -3.21. The maximum Gasteiger partial charge on any atom is 0.271 e. The second kappa shape index (κ2) is 8.15. The van der Waals surface area contributed by atoms with Crippen LogP contribution in [-0.4, -0.2) is 40.3 Å². The van der Waals surface area contributed by atoms with Crippen molar-refractivity contribution in [3.63, 3.8) is 0 Å². The van der Waals surface area contributed by atoms with Gasteiger partial charge in [-0.05, 0) is 30.7 Å². The van der Waals surface area contributed by atoms with E-state index < -0.39 is 23.6 Å². The van der Waals surface area contributed by atoms with Gasteiger partial charge in [0.1, 0.15) is 11.9 Å². The van der Waals surface area contributed by atoms with Crippen LogP contribution in [0.5, 0.6) is 0 Å². The van der Waals surface area contributed by atoms with E-state index in [0.717, 1.165) is 29.9 Å². The Kier molecular flexibility index (Phi) is 5.23. The van der Waals surface area contributed by atoms with E-state index in [-0.39, 0.29) is 22.8 Å². The van der Waals surface area contributed by atoms with Crippen LogP contribution < -0.4 is 5.73 Å². The highest BCUT2D eigenvalue weighted by atomic mass is 19.3. The Morgan fingerprint density at radius 3 is 2.31 bits per heavy atom. The molecule has 5 rings (SSSR count). The minimum absolute atomic E-state index is 0.00661. The van der Waals surface area contributed by atoms with Crippen LogP contribution in [0.1, 0.15) is 24.2 Å². The van der Waals surface area contributed by atoms with Crippen molar-refractivity contribution in [3.05, 3.63) is 78.0 Å². The van der Waals surface area contributed by atoms with E-state index in [1.807, 2.05) is 0 Å². The molecule has 0 aliphatic carbocycles. The number of nitrogens with two attached hydrogens (primary N) is 1. The number of fused-ring (bicyclic) bond motifs is 1. The van der Waals surface area contributed by atoms with Gasteiger partial charge in [-0.15, -0.1) is 5.10 Å². The number of rotatable bonds is 5. The molecule has 0 amide bonds. The molecule has 5 aromatic rings. The van der Waals surface area contributed by atoms with Crippen LogP contribution in [0.25, 0.3) is 28.2 Å². The van der Waals surface area contributed by atoms with E-state index in [1.54, 1.807) is 6.92 Å². The number of benzene rings is 1. The van der Waals surface area contributed by atoms with Gasteiger partial charge >= 0.3 is 0 Å². The molecule has 1 unspecified atom stereocenters. The molecule has 1 atom stereocenters. The number of pyridine rings is 1. The van der Waals surface area contributed by atoms with Gasteiger partial charge in [-0.25, -0.2) is 27.1 Å². The largest absolute Gasteiger partial charge is 0.366 e. The highest BCUT2D eigenvalue weighted by Crippen LogP contribution is 2.36. The van der Waals surface area contributed by atoms with Crippen molar-refractivity contribution in [3.8, 4) is 22.5 Å². The molecule has 2 N–H and O–H groups in total. The molecule has 4 heterocycles. The Hall–Kier alpha value is -4.35. The zero-order valence-corrected chi connectivity index (χ0v) is 18.5. The first-order valence-electron chi connectivity index (χ1n) is 10.4.